The minimum absolute atomic E-state index is 0.117. The largest absolute Gasteiger partial charge is 0.316 e. The van der Waals surface area contributed by atoms with Crippen LogP contribution in [0.2, 0.25) is 0 Å². The van der Waals surface area contributed by atoms with Crippen LogP contribution < -0.4 is 5.32 Å². The molecule has 0 radical (unpaired) electrons. The number of sulfonamides is 1. The van der Waals surface area contributed by atoms with Gasteiger partial charge >= 0.3 is 0 Å². The van der Waals surface area contributed by atoms with Crippen LogP contribution in [-0.4, -0.2) is 31.7 Å². The minimum atomic E-state index is -3.52. The zero-order valence-corrected chi connectivity index (χ0v) is 17.0. The van der Waals surface area contributed by atoms with Gasteiger partial charge in [0.1, 0.15) is 11.1 Å². The Labute approximate surface area is 168 Å². The molecule has 6 nitrogen and oxygen atoms in total. The second-order valence-electron chi connectivity index (χ2n) is 7.15. The molecule has 1 aliphatic carbocycles. The average molecular weight is 416 g/mol. The van der Waals surface area contributed by atoms with Crippen LogP contribution in [0.25, 0.3) is 0 Å². The molecule has 0 spiro atoms. The van der Waals surface area contributed by atoms with E-state index in [0.717, 1.165) is 24.8 Å². The van der Waals surface area contributed by atoms with Crippen LogP contribution in [0.4, 0.5) is 5.00 Å². The van der Waals surface area contributed by atoms with E-state index in [1.807, 2.05) is 0 Å². The molecular weight excluding hydrogens is 394 g/mol. The van der Waals surface area contributed by atoms with Crippen molar-refractivity contribution in [3.8, 4) is 6.07 Å². The van der Waals surface area contributed by atoms with E-state index < -0.39 is 10.0 Å². The van der Waals surface area contributed by atoms with Gasteiger partial charge in [0.15, 0.2) is 0 Å². The van der Waals surface area contributed by atoms with Crippen LogP contribution >= 0.6 is 11.3 Å². The second kappa shape index (κ2) is 7.66. The van der Waals surface area contributed by atoms with Crippen LogP contribution in [0.1, 0.15) is 35.3 Å². The fraction of sp³-hybridized carbons (Fsp3) is 0.400. The third-order valence-corrected chi connectivity index (χ3v) is 8.60. The highest BCUT2D eigenvalue weighted by molar-refractivity contribution is 7.89. The molecule has 1 aliphatic heterocycles. The first-order valence-corrected chi connectivity index (χ1v) is 11.7. The number of anilines is 1. The van der Waals surface area contributed by atoms with Crippen molar-refractivity contribution in [3.63, 3.8) is 0 Å². The van der Waals surface area contributed by atoms with Gasteiger partial charge in [0.05, 0.1) is 10.5 Å². The number of nitrogens with one attached hydrogen (secondary N) is 1. The summed E-state index contributed by atoms with van der Waals surface area (Å²) in [7, 11) is -3.52. The molecule has 1 saturated heterocycles. The van der Waals surface area contributed by atoms with Crippen molar-refractivity contribution >= 4 is 32.3 Å². The molecule has 8 heteroatoms. The van der Waals surface area contributed by atoms with Crippen molar-refractivity contribution in [1.29, 1.82) is 5.26 Å². The van der Waals surface area contributed by atoms with E-state index in [2.05, 4.69) is 11.4 Å². The standard InChI is InChI=1S/C20H21N3O3S2/c21-13-17-16-7-4-8-18(16)27-20(17)22-19(24)14-9-11-23(12-10-14)28(25,26)15-5-2-1-3-6-15/h1-3,5-6,14H,4,7-12H2,(H,22,24). The van der Waals surface area contributed by atoms with Crippen LogP contribution in [0, 0.1) is 17.2 Å². The third-order valence-electron chi connectivity index (χ3n) is 5.48. The molecule has 1 fully saturated rings. The maximum absolute atomic E-state index is 12.7. The first-order valence-electron chi connectivity index (χ1n) is 9.41. The van der Waals surface area contributed by atoms with Gasteiger partial charge in [0, 0.05) is 23.9 Å². The maximum atomic E-state index is 12.7. The Bertz CT molecular complexity index is 1030. The molecule has 2 heterocycles. The lowest BCUT2D eigenvalue weighted by atomic mass is 9.97. The summed E-state index contributed by atoms with van der Waals surface area (Å²) < 4.78 is 26.9. The highest BCUT2D eigenvalue weighted by Gasteiger charge is 2.33. The highest BCUT2D eigenvalue weighted by Crippen LogP contribution is 2.39. The van der Waals surface area contributed by atoms with Crippen molar-refractivity contribution in [2.45, 2.75) is 37.0 Å². The monoisotopic (exact) mass is 415 g/mol. The summed E-state index contributed by atoms with van der Waals surface area (Å²) in [4.78, 5) is 14.2. The van der Waals surface area contributed by atoms with Gasteiger partial charge in [-0.05, 0) is 49.8 Å². The molecule has 0 saturated carbocycles. The zero-order chi connectivity index (χ0) is 19.7. The predicted octanol–water partition coefficient (Wildman–Crippen LogP) is 3.15. The van der Waals surface area contributed by atoms with Gasteiger partial charge in [-0.3, -0.25) is 4.79 Å². The van der Waals surface area contributed by atoms with E-state index in [4.69, 9.17) is 0 Å². The third kappa shape index (κ3) is 3.46. The molecule has 0 unspecified atom stereocenters. The Balaban J connectivity index is 1.41. The van der Waals surface area contributed by atoms with E-state index in [0.29, 0.717) is 36.5 Å². The molecule has 1 aromatic carbocycles. The Morgan fingerprint density at radius 3 is 2.57 bits per heavy atom. The number of thiophene rings is 1. The molecule has 146 valence electrons. The molecule has 2 aromatic rings. The van der Waals surface area contributed by atoms with Gasteiger partial charge < -0.3 is 5.32 Å². The van der Waals surface area contributed by atoms with E-state index in [1.54, 1.807) is 30.3 Å². The first-order chi connectivity index (χ1) is 13.5. The normalized spacial score (nSPS) is 17.8. The summed E-state index contributed by atoms with van der Waals surface area (Å²) in [6, 6.07) is 10.6. The topological polar surface area (TPSA) is 90.3 Å². The van der Waals surface area contributed by atoms with Gasteiger partial charge in [-0.25, -0.2) is 8.42 Å². The van der Waals surface area contributed by atoms with Crippen LogP contribution in [0.3, 0.4) is 0 Å². The van der Waals surface area contributed by atoms with Crippen LogP contribution in [0.5, 0.6) is 0 Å². The molecule has 0 atom stereocenters. The summed E-state index contributed by atoms with van der Waals surface area (Å²) in [6.45, 7) is 0.642. The molecule has 1 aromatic heterocycles. The molecule has 28 heavy (non-hydrogen) atoms. The summed E-state index contributed by atoms with van der Waals surface area (Å²) in [6.07, 6.45) is 3.90. The lowest BCUT2D eigenvalue weighted by Crippen LogP contribution is -2.41. The van der Waals surface area contributed by atoms with Gasteiger partial charge in [-0.2, -0.15) is 9.57 Å². The van der Waals surface area contributed by atoms with E-state index in [9.17, 15) is 18.5 Å². The summed E-state index contributed by atoms with van der Waals surface area (Å²) >= 11 is 1.51. The van der Waals surface area contributed by atoms with Crippen molar-refractivity contribution in [3.05, 3.63) is 46.3 Å². The van der Waals surface area contributed by atoms with Crippen LogP contribution in [-0.2, 0) is 27.7 Å². The summed E-state index contributed by atoms with van der Waals surface area (Å²) in [5.74, 6) is -0.362. The predicted molar refractivity (Wildman–Crippen MR) is 108 cm³/mol. The van der Waals surface area contributed by atoms with E-state index in [1.165, 1.54) is 20.5 Å². The van der Waals surface area contributed by atoms with Crippen molar-refractivity contribution in [2.75, 3.05) is 18.4 Å². The minimum Gasteiger partial charge on any atom is -0.316 e. The SMILES string of the molecule is N#Cc1c(NC(=O)C2CCN(S(=O)(=O)c3ccccc3)CC2)sc2c1CCC2. The number of nitriles is 1. The number of amides is 1. The average Bonchev–Trinajstić information content (AvgIpc) is 3.29. The number of hydrogen-bond acceptors (Lipinski definition) is 5. The van der Waals surface area contributed by atoms with Gasteiger partial charge in [0.2, 0.25) is 15.9 Å². The number of fused-ring (bicyclic) bond motifs is 1. The van der Waals surface area contributed by atoms with Gasteiger partial charge in [-0.1, -0.05) is 18.2 Å². The number of nitrogens with zero attached hydrogens (tertiary/aromatic N) is 2. The lowest BCUT2D eigenvalue weighted by molar-refractivity contribution is -0.120. The molecular formula is C20H21N3O3S2. The smallest absolute Gasteiger partial charge is 0.243 e. The zero-order valence-electron chi connectivity index (χ0n) is 15.3. The second-order valence-corrected chi connectivity index (χ2v) is 10.2. The number of piperidine rings is 1. The molecule has 1 N–H and O–H groups in total. The van der Waals surface area contributed by atoms with Crippen molar-refractivity contribution in [2.24, 2.45) is 5.92 Å². The van der Waals surface area contributed by atoms with Gasteiger partial charge in [0.25, 0.3) is 0 Å². The lowest BCUT2D eigenvalue weighted by Gasteiger charge is -2.30. The first kappa shape index (κ1) is 19.1. The Morgan fingerprint density at radius 2 is 1.89 bits per heavy atom. The van der Waals surface area contributed by atoms with Crippen LogP contribution in [0.15, 0.2) is 35.2 Å². The van der Waals surface area contributed by atoms with Gasteiger partial charge in [-0.15, -0.1) is 11.3 Å². The summed E-state index contributed by atoms with van der Waals surface area (Å²) in [5.41, 5.74) is 1.70. The molecule has 1 amide bonds. The Hall–Kier alpha value is -2.21. The maximum Gasteiger partial charge on any atom is 0.243 e. The van der Waals surface area contributed by atoms with Crippen molar-refractivity contribution < 1.29 is 13.2 Å². The summed E-state index contributed by atoms with van der Waals surface area (Å²) in [5, 5.41) is 13.0. The number of carbonyl (C=O) groups excluding carboxylic acids is 1. The number of carbonyl (C=O) groups is 1. The van der Waals surface area contributed by atoms with Crippen molar-refractivity contribution in [1.82, 2.24) is 4.31 Å². The molecule has 4 rings (SSSR count). The number of hydrogen-bond donors (Lipinski definition) is 1. The fourth-order valence-corrected chi connectivity index (χ4v) is 6.66. The fourth-order valence-electron chi connectivity index (χ4n) is 3.92. The quantitative estimate of drug-likeness (QED) is 0.831. The molecule has 2 aliphatic rings. The molecule has 0 bridgehead atoms. The number of aryl methyl sites for hydroxylation is 1. The van der Waals surface area contributed by atoms with E-state index in [-0.39, 0.29) is 16.7 Å². The van der Waals surface area contributed by atoms with E-state index >= 15 is 0 Å². The number of benzene rings is 1. The Morgan fingerprint density at radius 1 is 1.18 bits per heavy atom. The Kier molecular flexibility index (Phi) is 5.23. The number of rotatable bonds is 4. The highest BCUT2D eigenvalue weighted by atomic mass is 32.2.